The average Bonchev–Trinajstić information content (AvgIpc) is 2.72. The van der Waals surface area contributed by atoms with Gasteiger partial charge in [-0.1, -0.05) is 15.9 Å². The molecule has 0 aliphatic rings. The molecule has 0 fully saturated rings. The molecule has 0 amide bonds. The smallest absolute Gasteiger partial charge is 0.323 e. The maximum absolute atomic E-state index is 11.9. The highest BCUT2D eigenvalue weighted by molar-refractivity contribution is 9.10. The summed E-state index contributed by atoms with van der Waals surface area (Å²) in [6.45, 7) is -0.433. The Morgan fingerprint density at radius 2 is 1.95 bits per heavy atom. The van der Waals surface area contributed by atoms with Crippen molar-refractivity contribution in [1.82, 2.24) is 9.97 Å². The number of aromatic nitrogens is 2. The molecule has 20 heavy (non-hydrogen) atoms. The molecule has 110 valence electrons. The first-order valence-electron chi connectivity index (χ1n) is 6.00. The van der Waals surface area contributed by atoms with Gasteiger partial charge >= 0.3 is 5.69 Å². The van der Waals surface area contributed by atoms with E-state index in [-0.39, 0.29) is 18.3 Å². The second-order valence-electron chi connectivity index (χ2n) is 4.36. The topological polar surface area (TPSA) is 83.9 Å². The van der Waals surface area contributed by atoms with Crippen molar-refractivity contribution in [2.45, 2.75) is 18.9 Å². The Morgan fingerprint density at radius 3 is 2.60 bits per heavy atom. The Bertz CT molecular complexity index is 641. The van der Waals surface area contributed by atoms with Crippen LogP contribution in [0.1, 0.15) is 18.0 Å². The van der Waals surface area contributed by atoms with Crippen LogP contribution in [0.5, 0.6) is 0 Å². The number of rotatable bonds is 6. The molecule has 8 heteroatoms. The molecule has 5 nitrogen and oxygen atoms in total. The van der Waals surface area contributed by atoms with E-state index in [1.54, 1.807) is 12.1 Å². The molecule has 1 atom stereocenters. The summed E-state index contributed by atoms with van der Waals surface area (Å²) >= 11 is 3.38. The van der Waals surface area contributed by atoms with Crippen molar-refractivity contribution in [2.75, 3.05) is 13.2 Å². The van der Waals surface area contributed by atoms with Gasteiger partial charge in [0.1, 0.15) is 6.61 Å². The molecule has 0 aliphatic carbocycles. The number of alkyl halides is 2. The number of ether oxygens (including phenoxy) is 1. The van der Waals surface area contributed by atoms with E-state index >= 15 is 0 Å². The molecular formula is C12H14BrF2N3O2. The van der Waals surface area contributed by atoms with Crippen molar-refractivity contribution < 1.29 is 13.5 Å². The Hall–Kier alpha value is -1.25. The van der Waals surface area contributed by atoms with E-state index in [2.05, 4.69) is 25.9 Å². The Kier molecular flexibility index (Phi) is 4.90. The third kappa shape index (κ3) is 3.65. The first-order chi connectivity index (χ1) is 9.47. The minimum Gasteiger partial charge on any atom is -0.375 e. The van der Waals surface area contributed by atoms with E-state index in [9.17, 15) is 13.6 Å². The number of fused-ring (bicyclic) bond motifs is 1. The molecule has 0 bridgehead atoms. The highest BCUT2D eigenvalue weighted by Gasteiger charge is 2.13. The molecular weight excluding hydrogens is 336 g/mol. The molecule has 0 saturated carbocycles. The molecule has 1 heterocycles. The van der Waals surface area contributed by atoms with Gasteiger partial charge in [-0.2, -0.15) is 0 Å². The third-order valence-corrected chi connectivity index (χ3v) is 3.54. The van der Waals surface area contributed by atoms with E-state index in [4.69, 9.17) is 10.5 Å². The minimum atomic E-state index is -2.47. The SMILES string of the molecule is NC(CCOCC(F)F)c1cc2[nH]c(=O)[nH]c2cc1Br. The van der Waals surface area contributed by atoms with Crippen LogP contribution in [0.25, 0.3) is 11.0 Å². The summed E-state index contributed by atoms with van der Waals surface area (Å²) in [5, 5.41) is 0. The van der Waals surface area contributed by atoms with Crippen LogP contribution in [0.4, 0.5) is 8.78 Å². The number of hydrogen-bond donors (Lipinski definition) is 3. The van der Waals surface area contributed by atoms with Crippen LogP contribution >= 0.6 is 15.9 Å². The highest BCUT2D eigenvalue weighted by atomic mass is 79.9. The van der Waals surface area contributed by atoms with Crippen molar-refractivity contribution >= 4 is 27.0 Å². The van der Waals surface area contributed by atoms with Gasteiger partial charge in [-0.25, -0.2) is 13.6 Å². The molecule has 0 saturated heterocycles. The summed E-state index contributed by atoms with van der Waals surface area (Å²) in [7, 11) is 0. The monoisotopic (exact) mass is 349 g/mol. The van der Waals surface area contributed by atoms with Crippen LogP contribution in [-0.2, 0) is 4.74 Å². The zero-order valence-corrected chi connectivity index (χ0v) is 12.0. The fourth-order valence-corrected chi connectivity index (χ4v) is 2.53. The van der Waals surface area contributed by atoms with E-state index < -0.39 is 13.0 Å². The predicted molar refractivity (Wildman–Crippen MR) is 75.0 cm³/mol. The fraction of sp³-hybridized carbons (Fsp3) is 0.417. The van der Waals surface area contributed by atoms with Crippen LogP contribution in [0.2, 0.25) is 0 Å². The first kappa shape index (κ1) is 15.1. The van der Waals surface area contributed by atoms with Crippen LogP contribution in [0, 0.1) is 0 Å². The molecule has 0 spiro atoms. The summed E-state index contributed by atoms with van der Waals surface area (Å²) in [6, 6.07) is 3.14. The van der Waals surface area contributed by atoms with Gasteiger partial charge in [0.25, 0.3) is 6.43 Å². The molecule has 0 radical (unpaired) electrons. The maximum atomic E-state index is 11.9. The lowest BCUT2D eigenvalue weighted by Crippen LogP contribution is -2.15. The summed E-state index contributed by atoms with van der Waals surface area (Å²) < 4.78 is 29.4. The quantitative estimate of drug-likeness (QED) is 0.699. The molecule has 4 N–H and O–H groups in total. The Balaban J connectivity index is 2.07. The number of hydrogen-bond acceptors (Lipinski definition) is 3. The number of aromatic amines is 2. The van der Waals surface area contributed by atoms with Crippen molar-refractivity contribution in [3.8, 4) is 0 Å². The van der Waals surface area contributed by atoms with Crippen LogP contribution in [0.3, 0.4) is 0 Å². The lowest BCUT2D eigenvalue weighted by molar-refractivity contribution is 0.0152. The van der Waals surface area contributed by atoms with Gasteiger partial charge in [-0.15, -0.1) is 0 Å². The zero-order chi connectivity index (χ0) is 14.7. The predicted octanol–water partition coefficient (Wildman–Crippen LogP) is 2.29. The van der Waals surface area contributed by atoms with Gasteiger partial charge in [0, 0.05) is 17.1 Å². The number of halogens is 3. The van der Waals surface area contributed by atoms with E-state index in [1.807, 2.05) is 0 Å². The van der Waals surface area contributed by atoms with Crippen molar-refractivity contribution in [2.24, 2.45) is 5.73 Å². The molecule has 2 rings (SSSR count). The molecule has 1 aromatic heterocycles. The zero-order valence-electron chi connectivity index (χ0n) is 10.5. The van der Waals surface area contributed by atoms with Crippen LogP contribution in [0.15, 0.2) is 21.4 Å². The standard InChI is InChI=1S/C12H14BrF2N3O2/c13-7-4-10-9(17-12(19)18-10)3-6(7)8(16)1-2-20-5-11(14)15/h3-4,8,11H,1-2,5,16H2,(H2,17,18,19). The summed E-state index contributed by atoms with van der Waals surface area (Å²) in [5.74, 6) is 0. The number of nitrogens with one attached hydrogen (secondary N) is 2. The van der Waals surface area contributed by atoms with E-state index in [1.165, 1.54) is 0 Å². The van der Waals surface area contributed by atoms with Gasteiger partial charge in [0.15, 0.2) is 0 Å². The first-order valence-corrected chi connectivity index (χ1v) is 6.79. The minimum absolute atomic E-state index is 0.152. The normalized spacial score (nSPS) is 13.2. The second-order valence-corrected chi connectivity index (χ2v) is 5.21. The number of benzene rings is 1. The van der Waals surface area contributed by atoms with Crippen LogP contribution < -0.4 is 11.4 Å². The molecule has 1 unspecified atom stereocenters. The number of nitrogens with two attached hydrogens (primary N) is 1. The van der Waals surface area contributed by atoms with Crippen LogP contribution in [-0.4, -0.2) is 29.6 Å². The van der Waals surface area contributed by atoms with E-state index in [0.29, 0.717) is 17.5 Å². The molecule has 2 aromatic rings. The number of imidazole rings is 1. The lowest BCUT2D eigenvalue weighted by atomic mass is 10.0. The van der Waals surface area contributed by atoms with Gasteiger partial charge in [0.2, 0.25) is 0 Å². The molecule has 1 aromatic carbocycles. The summed E-state index contributed by atoms with van der Waals surface area (Å²) in [5.41, 5.74) is 7.83. The van der Waals surface area contributed by atoms with Crippen molar-refractivity contribution in [3.63, 3.8) is 0 Å². The van der Waals surface area contributed by atoms with Gasteiger partial charge < -0.3 is 20.4 Å². The summed E-state index contributed by atoms with van der Waals surface area (Å²) in [4.78, 5) is 16.5. The fourth-order valence-electron chi connectivity index (χ4n) is 1.90. The lowest BCUT2D eigenvalue weighted by Gasteiger charge is -2.14. The molecule has 0 aliphatic heterocycles. The van der Waals surface area contributed by atoms with Crippen molar-refractivity contribution in [1.29, 1.82) is 0 Å². The Labute approximate surface area is 121 Å². The average molecular weight is 350 g/mol. The Morgan fingerprint density at radius 1 is 1.30 bits per heavy atom. The van der Waals surface area contributed by atoms with Gasteiger partial charge in [-0.3, -0.25) is 0 Å². The van der Waals surface area contributed by atoms with Gasteiger partial charge in [0.05, 0.1) is 11.0 Å². The van der Waals surface area contributed by atoms with Gasteiger partial charge in [-0.05, 0) is 24.1 Å². The number of H-pyrrole nitrogens is 2. The third-order valence-electron chi connectivity index (χ3n) is 2.85. The maximum Gasteiger partial charge on any atom is 0.323 e. The largest absolute Gasteiger partial charge is 0.375 e. The van der Waals surface area contributed by atoms with Crippen molar-refractivity contribution in [3.05, 3.63) is 32.7 Å². The highest BCUT2D eigenvalue weighted by Crippen LogP contribution is 2.27. The summed E-state index contributed by atoms with van der Waals surface area (Å²) in [6.07, 6.45) is -2.06. The second kappa shape index (κ2) is 6.47. The van der Waals surface area contributed by atoms with E-state index in [0.717, 1.165) is 10.0 Å².